The fourth-order valence-electron chi connectivity index (χ4n) is 3.47. The van der Waals surface area contributed by atoms with E-state index in [1.165, 1.54) is 24.3 Å². The first-order chi connectivity index (χ1) is 14.3. The van der Waals surface area contributed by atoms with Gasteiger partial charge in [0.15, 0.2) is 0 Å². The second-order valence-electron chi connectivity index (χ2n) is 7.21. The summed E-state index contributed by atoms with van der Waals surface area (Å²) in [5.41, 5.74) is -0.387. The van der Waals surface area contributed by atoms with E-state index in [2.05, 4.69) is 0 Å². The number of ether oxygens (including phenoxy) is 1. The highest BCUT2D eigenvalue weighted by Gasteiger charge is 2.37. The van der Waals surface area contributed by atoms with Crippen molar-refractivity contribution in [2.24, 2.45) is 5.92 Å². The third kappa shape index (κ3) is 5.41. The highest BCUT2D eigenvalue weighted by atomic mass is 19.4. The van der Waals surface area contributed by atoms with E-state index < -0.39 is 17.7 Å². The van der Waals surface area contributed by atoms with Crippen molar-refractivity contribution >= 4 is 11.8 Å². The minimum atomic E-state index is -4.45. The van der Waals surface area contributed by atoms with E-state index in [1.54, 1.807) is 23.1 Å². The molecule has 0 spiro atoms. The van der Waals surface area contributed by atoms with Gasteiger partial charge in [0.1, 0.15) is 5.76 Å². The molecular weight excluding hydrogens is 401 g/mol. The first-order valence-corrected chi connectivity index (χ1v) is 9.52. The van der Waals surface area contributed by atoms with Crippen molar-refractivity contribution in [3.05, 3.63) is 59.5 Å². The van der Waals surface area contributed by atoms with Crippen molar-refractivity contribution in [2.75, 3.05) is 26.8 Å². The standard InChI is InChI=1S/C21H23F3N2O4/c1-29-9-7-25(14-18-6-3-8-30-18)20(28)16-11-19(27)26(13-16)12-15-4-2-5-17(10-15)21(22,23)24/h2-6,8,10,16H,7,9,11-14H2,1H3/t16-/m1/s1. The Morgan fingerprint density at radius 3 is 2.77 bits per heavy atom. The molecule has 6 nitrogen and oxygen atoms in total. The van der Waals surface area contributed by atoms with Crippen molar-refractivity contribution in [3.8, 4) is 0 Å². The van der Waals surface area contributed by atoms with Crippen molar-refractivity contribution < 1.29 is 31.9 Å². The Kier molecular flexibility index (Phi) is 6.81. The molecule has 2 heterocycles. The fraction of sp³-hybridized carbons (Fsp3) is 0.429. The van der Waals surface area contributed by atoms with E-state index in [9.17, 15) is 22.8 Å². The van der Waals surface area contributed by atoms with Crippen LogP contribution in [0.2, 0.25) is 0 Å². The van der Waals surface area contributed by atoms with Crippen LogP contribution < -0.4 is 0 Å². The lowest BCUT2D eigenvalue weighted by Crippen LogP contribution is -2.38. The number of alkyl halides is 3. The van der Waals surface area contributed by atoms with Gasteiger partial charge in [0.25, 0.3) is 0 Å². The van der Waals surface area contributed by atoms with Crippen molar-refractivity contribution in [2.45, 2.75) is 25.7 Å². The number of carbonyl (C=O) groups excluding carboxylic acids is 2. The number of benzene rings is 1. The van der Waals surface area contributed by atoms with Crippen LogP contribution in [-0.4, -0.2) is 48.4 Å². The first kappa shape index (κ1) is 21.9. The maximum atomic E-state index is 13.0. The second kappa shape index (κ2) is 9.34. The van der Waals surface area contributed by atoms with Crippen molar-refractivity contribution in [3.63, 3.8) is 0 Å². The molecule has 1 aromatic carbocycles. The van der Waals surface area contributed by atoms with Crippen LogP contribution in [-0.2, 0) is 33.6 Å². The number of carbonyl (C=O) groups is 2. The number of halogens is 3. The molecule has 1 saturated heterocycles. The Hall–Kier alpha value is -2.81. The molecule has 0 aliphatic carbocycles. The number of furan rings is 1. The van der Waals surface area contributed by atoms with E-state index in [4.69, 9.17) is 9.15 Å². The first-order valence-electron chi connectivity index (χ1n) is 9.52. The number of nitrogens with zero attached hydrogens (tertiary/aromatic N) is 2. The summed E-state index contributed by atoms with van der Waals surface area (Å²) in [4.78, 5) is 28.4. The van der Waals surface area contributed by atoms with Gasteiger partial charge < -0.3 is 19.0 Å². The summed E-state index contributed by atoms with van der Waals surface area (Å²) in [7, 11) is 1.53. The van der Waals surface area contributed by atoms with Gasteiger partial charge >= 0.3 is 6.18 Å². The number of likely N-dealkylation sites (tertiary alicyclic amines) is 1. The van der Waals surface area contributed by atoms with Gasteiger partial charge in [-0.2, -0.15) is 13.2 Å². The van der Waals surface area contributed by atoms with E-state index in [-0.39, 0.29) is 37.9 Å². The lowest BCUT2D eigenvalue weighted by Gasteiger charge is -2.24. The Labute approximate surface area is 172 Å². The molecule has 1 aliphatic rings. The molecule has 162 valence electrons. The van der Waals surface area contributed by atoms with Crippen LogP contribution in [0.15, 0.2) is 47.1 Å². The number of hydrogen-bond acceptors (Lipinski definition) is 4. The van der Waals surface area contributed by atoms with E-state index in [1.807, 2.05) is 0 Å². The van der Waals surface area contributed by atoms with E-state index in [0.29, 0.717) is 24.5 Å². The predicted molar refractivity (Wildman–Crippen MR) is 101 cm³/mol. The Morgan fingerprint density at radius 1 is 1.30 bits per heavy atom. The monoisotopic (exact) mass is 424 g/mol. The molecule has 0 unspecified atom stereocenters. The zero-order valence-electron chi connectivity index (χ0n) is 16.5. The minimum Gasteiger partial charge on any atom is -0.467 e. The Morgan fingerprint density at radius 2 is 2.10 bits per heavy atom. The van der Waals surface area contributed by atoms with Gasteiger partial charge in [-0.05, 0) is 29.8 Å². The maximum absolute atomic E-state index is 13.0. The molecule has 3 rings (SSSR count). The number of methoxy groups -OCH3 is 1. The number of hydrogen-bond donors (Lipinski definition) is 0. The summed E-state index contributed by atoms with van der Waals surface area (Å²) in [6, 6.07) is 8.36. The third-order valence-corrected chi connectivity index (χ3v) is 5.00. The zero-order valence-corrected chi connectivity index (χ0v) is 16.5. The molecule has 1 atom stereocenters. The van der Waals surface area contributed by atoms with Crippen LogP contribution in [0, 0.1) is 5.92 Å². The number of rotatable bonds is 8. The van der Waals surface area contributed by atoms with E-state index >= 15 is 0 Å². The zero-order chi connectivity index (χ0) is 21.7. The molecule has 1 aromatic heterocycles. The quantitative estimate of drug-likeness (QED) is 0.652. The highest BCUT2D eigenvalue weighted by molar-refractivity contribution is 5.89. The smallest absolute Gasteiger partial charge is 0.416 e. The van der Waals surface area contributed by atoms with Crippen LogP contribution in [0.1, 0.15) is 23.3 Å². The molecule has 0 radical (unpaired) electrons. The third-order valence-electron chi connectivity index (χ3n) is 5.00. The Bertz CT molecular complexity index is 867. The van der Waals surface area contributed by atoms with Gasteiger partial charge in [0.05, 0.1) is 30.9 Å². The average molecular weight is 424 g/mol. The molecule has 2 amide bonds. The van der Waals surface area contributed by atoms with E-state index in [0.717, 1.165) is 12.1 Å². The van der Waals surface area contributed by atoms with Crippen LogP contribution in [0.4, 0.5) is 13.2 Å². The van der Waals surface area contributed by atoms with Gasteiger partial charge in [0, 0.05) is 33.2 Å². The summed E-state index contributed by atoms with van der Waals surface area (Å²) in [5, 5.41) is 0. The molecule has 2 aromatic rings. The topological polar surface area (TPSA) is 63.0 Å². The summed E-state index contributed by atoms with van der Waals surface area (Å²) in [6.07, 6.45) is -2.90. The largest absolute Gasteiger partial charge is 0.467 e. The van der Waals surface area contributed by atoms with Crippen molar-refractivity contribution in [1.82, 2.24) is 9.80 Å². The highest BCUT2D eigenvalue weighted by Crippen LogP contribution is 2.30. The molecule has 30 heavy (non-hydrogen) atoms. The van der Waals surface area contributed by atoms with Crippen LogP contribution in [0.5, 0.6) is 0 Å². The summed E-state index contributed by atoms with van der Waals surface area (Å²) in [6.45, 7) is 1.13. The summed E-state index contributed by atoms with van der Waals surface area (Å²) < 4.78 is 49.2. The van der Waals surface area contributed by atoms with Gasteiger partial charge in [-0.15, -0.1) is 0 Å². The average Bonchev–Trinajstić information content (AvgIpc) is 3.34. The molecule has 0 saturated carbocycles. The van der Waals surface area contributed by atoms with Gasteiger partial charge in [-0.25, -0.2) is 0 Å². The lowest BCUT2D eigenvalue weighted by molar-refractivity contribution is -0.138. The van der Waals surface area contributed by atoms with Crippen molar-refractivity contribution in [1.29, 1.82) is 0 Å². The van der Waals surface area contributed by atoms with Crippen LogP contribution in [0.25, 0.3) is 0 Å². The molecular formula is C21H23F3N2O4. The van der Waals surface area contributed by atoms with Gasteiger partial charge in [-0.3, -0.25) is 9.59 Å². The van der Waals surface area contributed by atoms with Gasteiger partial charge in [-0.1, -0.05) is 12.1 Å². The molecule has 9 heteroatoms. The molecule has 1 aliphatic heterocycles. The fourth-order valence-corrected chi connectivity index (χ4v) is 3.47. The van der Waals surface area contributed by atoms with Gasteiger partial charge in [0.2, 0.25) is 11.8 Å². The maximum Gasteiger partial charge on any atom is 0.416 e. The SMILES string of the molecule is COCCN(Cc1ccco1)C(=O)[C@@H]1CC(=O)N(Cc2cccc(C(F)(F)F)c2)C1. The minimum absolute atomic E-state index is 0.0272. The predicted octanol–water partition coefficient (Wildman–Crippen LogP) is 3.32. The van der Waals surface area contributed by atoms with Crippen LogP contribution in [0.3, 0.4) is 0 Å². The normalized spacial score (nSPS) is 16.9. The lowest BCUT2D eigenvalue weighted by atomic mass is 10.1. The second-order valence-corrected chi connectivity index (χ2v) is 7.21. The molecule has 1 fully saturated rings. The van der Waals surface area contributed by atoms with Crippen LogP contribution >= 0.6 is 0 Å². The summed E-state index contributed by atoms with van der Waals surface area (Å²) >= 11 is 0. The molecule has 0 bridgehead atoms. The Balaban J connectivity index is 1.66. The number of amides is 2. The molecule has 0 N–H and O–H groups in total. The summed E-state index contributed by atoms with van der Waals surface area (Å²) in [5.74, 6) is -0.404.